The van der Waals surface area contributed by atoms with Crippen molar-refractivity contribution in [1.82, 2.24) is 10.3 Å². The Kier molecular flexibility index (Phi) is 5.10. The number of carbonyl (C=O) groups is 1. The van der Waals surface area contributed by atoms with E-state index < -0.39 is 6.04 Å². The van der Waals surface area contributed by atoms with E-state index in [1.54, 1.807) is 67.9 Å². The Hall–Kier alpha value is -3.51. The largest absolute Gasteiger partial charge is 0.505 e. The maximum atomic E-state index is 12.9. The quantitative estimate of drug-likeness (QED) is 0.499. The Bertz CT molecular complexity index is 1160. The molecule has 4 rings (SSSR count). The zero-order valence-corrected chi connectivity index (χ0v) is 16.2. The first-order valence-corrected chi connectivity index (χ1v) is 9.20. The number of fused-ring (bicyclic) bond motifs is 1. The van der Waals surface area contributed by atoms with Crippen molar-refractivity contribution >= 4 is 28.4 Å². The summed E-state index contributed by atoms with van der Waals surface area (Å²) in [6.07, 6.45) is 3.07. The summed E-state index contributed by atoms with van der Waals surface area (Å²) in [5, 5.41) is 14.8. The minimum Gasteiger partial charge on any atom is -0.505 e. The predicted molar refractivity (Wildman–Crippen MR) is 109 cm³/mol. The minimum atomic E-state index is -0.761. The molecule has 0 saturated heterocycles. The summed E-state index contributed by atoms with van der Waals surface area (Å²) in [7, 11) is 1.56. The number of hydrogen-bond donors (Lipinski definition) is 2. The van der Waals surface area contributed by atoms with Crippen LogP contribution in [0.5, 0.6) is 11.5 Å². The number of phenolic OH excluding ortho intramolecular Hbond substituents is 1. The van der Waals surface area contributed by atoms with Crippen molar-refractivity contribution in [1.29, 1.82) is 0 Å². The van der Waals surface area contributed by atoms with E-state index in [0.29, 0.717) is 38.6 Å². The van der Waals surface area contributed by atoms with Gasteiger partial charge in [0.2, 0.25) is 0 Å². The third-order valence-electron chi connectivity index (χ3n) is 4.61. The summed E-state index contributed by atoms with van der Waals surface area (Å²) in [6.45, 7) is 0. The normalized spacial score (nSPS) is 11.9. The maximum Gasteiger partial charge on any atom is 0.252 e. The first kappa shape index (κ1) is 18.8. The lowest BCUT2D eigenvalue weighted by molar-refractivity contribution is 0.0938. The fraction of sp³-hybridized carbons (Fsp3) is 0.0909. The Morgan fingerprint density at radius 1 is 1.21 bits per heavy atom. The summed E-state index contributed by atoms with van der Waals surface area (Å²) in [4.78, 5) is 17.1. The van der Waals surface area contributed by atoms with Crippen LogP contribution in [0.1, 0.15) is 27.7 Å². The van der Waals surface area contributed by atoms with Crippen LogP contribution in [0.4, 0.5) is 0 Å². The highest BCUT2D eigenvalue weighted by molar-refractivity contribution is 6.35. The third kappa shape index (κ3) is 3.62. The number of rotatable bonds is 5. The topological polar surface area (TPSA) is 84.6 Å². The molecule has 0 unspecified atom stereocenters. The second kappa shape index (κ2) is 7.85. The van der Waals surface area contributed by atoms with Crippen molar-refractivity contribution in [2.24, 2.45) is 0 Å². The standard InChI is InChI=1S/C22H17ClN2O4/c1-28-14-8-6-13(7-9-14)22(27)25-19(18-5-3-11-29-18)16-12-17(23)15-4-2-10-24-20(15)21(16)26/h2-12,19,26H,1H3,(H,25,27)/t19-/m1/s1. The summed E-state index contributed by atoms with van der Waals surface area (Å²) < 4.78 is 10.6. The molecule has 0 bridgehead atoms. The van der Waals surface area contributed by atoms with Crippen LogP contribution in [-0.2, 0) is 0 Å². The molecule has 0 aliphatic heterocycles. The van der Waals surface area contributed by atoms with Gasteiger partial charge in [0, 0.05) is 22.7 Å². The molecule has 4 aromatic rings. The third-order valence-corrected chi connectivity index (χ3v) is 4.92. The Balaban J connectivity index is 1.76. The molecule has 0 aliphatic rings. The second-order valence-corrected chi connectivity index (χ2v) is 6.75. The molecule has 2 aromatic heterocycles. The van der Waals surface area contributed by atoms with Crippen LogP contribution in [0.2, 0.25) is 5.02 Å². The maximum absolute atomic E-state index is 12.9. The van der Waals surface area contributed by atoms with Gasteiger partial charge in [0.05, 0.1) is 18.4 Å². The van der Waals surface area contributed by atoms with Crippen LogP contribution >= 0.6 is 11.6 Å². The van der Waals surface area contributed by atoms with Gasteiger partial charge >= 0.3 is 0 Å². The van der Waals surface area contributed by atoms with Gasteiger partial charge in [-0.2, -0.15) is 0 Å². The number of hydrogen-bond acceptors (Lipinski definition) is 5. The average Bonchev–Trinajstić information content (AvgIpc) is 3.29. The molecule has 2 N–H and O–H groups in total. The molecular formula is C22H17ClN2O4. The van der Waals surface area contributed by atoms with Gasteiger partial charge in [-0.3, -0.25) is 9.78 Å². The number of carbonyl (C=O) groups excluding carboxylic acids is 1. The number of aromatic hydroxyl groups is 1. The van der Waals surface area contributed by atoms with Crippen LogP contribution in [0.25, 0.3) is 10.9 Å². The molecular weight excluding hydrogens is 392 g/mol. The number of ether oxygens (including phenoxy) is 1. The second-order valence-electron chi connectivity index (χ2n) is 6.35. The van der Waals surface area contributed by atoms with E-state index in [9.17, 15) is 9.90 Å². The molecule has 1 atom stereocenters. The van der Waals surface area contributed by atoms with E-state index in [4.69, 9.17) is 20.8 Å². The fourth-order valence-corrected chi connectivity index (χ4v) is 3.41. The number of furan rings is 1. The number of benzene rings is 2. The highest BCUT2D eigenvalue weighted by atomic mass is 35.5. The van der Waals surface area contributed by atoms with Gasteiger partial charge in [0.1, 0.15) is 28.8 Å². The van der Waals surface area contributed by atoms with Gasteiger partial charge < -0.3 is 19.6 Å². The Morgan fingerprint density at radius 2 is 2.00 bits per heavy atom. The summed E-state index contributed by atoms with van der Waals surface area (Å²) >= 11 is 6.42. The smallest absolute Gasteiger partial charge is 0.252 e. The monoisotopic (exact) mass is 408 g/mol. The number of aromatic nitrogens is 1. The fourth-order valence-electron chi connectivity index (χ4n) is 3.14. The van der Waals surface area contributed by atoms with Crippen molar-refractivity contribution < 1.29 is 19.1 Å². The lowest BCUT2D eigenvalue weighted by Gasteiger charge is -2.20. The molecule has 2 heterocycles. The van der Waals surface area contributed by atoms with E-state index in [-0.39, 0.29) is 11.7 Å². The molecule has 0 radical (unpaired) electrons. The Morgan fingerprint density at radius 3 is 2.69 bits per heavy atom. The van der Waals surface area contributed by atoms with Crippen LogP contribution in [0.3, 0.4) is 0 Å². The number of phenols is 1. The molecule has 1 amide bonds. The van der Waals surface area contributed by atoms with Crippen LogP contribution in [0.15, 0.2) is 71.5 Å². The molecule has 7 heteroatoms. The summed E-state index contributed by atoms with van der Waals surface area (Å²) in [5.41, 5.74) is 1.18. The van der Waals surface area contributed by atoms with Gasteiger partial charge in [-0.25, -0.2) is 0 Å². The van der Waals surface area contributed by atoms with E-state index >= 15 is 0 Å². The molecule has 6 nitrogen and oxygen atoms in total. The number of halogens is 1. The molecule has 0 aliphatic carbocycles. The number of pyridine rings is 1. The van der Waals surface area contributed by atoms with E-state index in [2.05, 4.69) is 10.3 Å². The van der Waals surface area contributed by atoms with Gasteiger partial charge in [-0.15, -0.1) is 0 Å². The Labute approximate surface area is 171 Å². The number of nitrogens with zero attached hydrogens (tertiary/aromatic N) is 1. The highest BCUT2D eigenvalue weighted by Crippen LogP contribution is 2.38. The van der Waals surface area contributed by atoms with E-state index in [0.717, 1.165) is 0 Å². The summed E-state index contributed by atoms with van der Waals surface area (Å²) in [6, 6.07) is 14.5. The number of nitrogens with one attached hydrogen (secondary N) is 1. The van der Waals surface area contributed by atoms with E-state index in [1.165, 1.54) is 6.26 Å². The van der Waals surface area contributed by atoms with Crippen LogP contribution in [-0.4, -0.2) is 23.1 Å². The molecule has 0 fully saturated rings. The molecule has 0 spiro atoms. The first-order chi connectivity index (χ1) is 14.1. The zero-order valence-electron chi connectivity index (χ0n) is 15.4. The van der Waals surface area contributed by atoms with Gasteiger partial charge in [-0.1, -0.05) is 11.6 Å². The molecule has 146 valence electrons. The van der Waals surface area contributed by atoms with Crippen molar-refractivity contribution in [3.63, 3.8) is 0 Å². The molecule has 2 aromatic carbocycles. The lowest BCUT2D eigenvalue weighted by atomic mass is 10.00. The van der Waals surface area contributed by atoms with Crippen molar-refractivity contribution in [3.8, 4) is 11.5 Å². The van der Waals surface area contributed by atoms with Crippen LogP contribution in [0, 0.1) is 0 Å². The van der Waals surface area contributed by atoms with E-state index in [1.807, 2.05) is 0 Å². The zero-order chi connectivity index (χ0) is 20.4. The lowest BCUT2D eigenvalue weighted by Crippen LogP contribution is -2.29. The van der Waals surface area contributed by atoms with Crippen molar-refractivity contribution in [2.45, 2.75) is 6.04 Å². The van der Waals surface area contributed by atoms with Crippen molar-refractivity contribution in [3.05, 3.63) is 89.0 Å². The van der Waals surface area contributed by atoms with Gasteiger partial charge in [0.15, 0.2) is 0 Å². The molecule has 0 saturated carbocycles. The highest BCUT2D eigenvalue weighted by Gasteiger charge is 2.25. The average molecular weight is 409 g/mol. The van der Waals surface area contributed by atoms with Crippen molar-refractivity contribution in [2.75, 3.05) is 7.11 Å². The minimum absolute atomic E-state index is 0.0681. The molecule has 29 heavy (non-hydrogen) atoms. The number of amides is 1. The predicted octanol–water partition coefficient (Wildman–Crippen LogP) is 4.71. The summed E-state index contributed by atoms with van der Waals surface area (Å²) in [5.74, 6) is 0.690. The van der Waals surface area contributed by atoms with Gasteiger partial charge in [-0.05, 0) is 54.6 Å². The SMILES string of the molecule is COc1ccc(C(=O)N[C@@H](c2ccco2)c2cc(Cl)c3cccnc3c2O)cc1. The number of methoxy groups -OCH3 is 1. The van der Waals surface area contributed by atoms with Gasteiger partial charge in [0.25, 0.3) is 5.91 Å². The van der Waals surface area contributed by atoms with Crippen LogP contribution < -0.4 is 10.1 Å². The first-order valence-electron chi connectivity index (χ1n) is 8.83.